The van der Waals surface area contributed by atoms with Gasteiger partial charge in [-0.1, -0.05) is 66.7 Å². The number of fused-ring (bicyclic) bond motifs is 1. The summed E-state index contributed by atoms with van der Waals surface area (Å²) in [6, 6.07) is 22.2. The zero-order chi connectivity index (χ0) is 16.9. The van der Waals surface area contributed by atoms with Crippen LogP contribution in [0, 0.1) is 0 Å². The molecule has 4 nitrogen and oxygen atoms in total. The van der Waals surface area contributed by atoms with Crippen LogP contribution >= 0.6 is 0 Å². The Bertz CT molecular complexity index is 828. The van der Waals surface area contributed by atoms with Crippen molar-refractivity contribution in [1.29, 1.82) is 0 Å². The van der Waals surface area contributed by atoms with Crippen molar-refractivity contribution in [2.45, 2.75) is 19.1 Å². The van der Waals surface area contributed by atoms with Crippen molar-refractivity contribution in [3.63, 3.8) is 0 Å². The van der Waals surface area contributed by atoms with Crippen molar-refractivity contribution in [2.75, 3.05) is 5.32 Å². The molecule has 0 radical (unpaired) electrons. The number of aliphatic hydroxyl groups excluding tert-OH is 1. The maximum Gasteiger partial charge on any atom is 0.319 e. The van der Waals surface area contributed by atoms with E-state index >= 15 is 0 Å². The Morgan fingerprint density at radius 1 is 0.917 bits per heavy atom. The number of nitrogens with one attached hydrogen (secondary N) is 2. The molecule has 2 atom stereocenters. The van der Waals surface area contributed by atoms with Crippen LogP contribution in [-0.2, 0) is 0 Å². The first-order valence-electron chi connectivity index (χ1n) is 7.93. The lowest BCUT2D eigenvalue weighted by atomic mass is 10.0. The molecular weight excluding hydrogens is 300 g/mol. The van der Waals surface area contributed by atoms with Crippen molar-refractivity contribution in [2.24, 2.45) is 0 Å². The summed E-state index contributed by atoms with van der Waals surface area (Å²) in [4.78, 5) is 12.3. The molecule has 0 aliphatic rings. The van der Waals surface area contributed by atoms with Crippen LogP contribution in [0.25, 0.3) is 10.8 Å². The van der Waals surface area contributed by atoms with E-state index in [2.05, 4.69) is 10.6 Å². The second-order valence-corrected chi connectivity index (χ2v) is 5.77. The Labute approximate surface area is 141 Å². The summed E-state index contributed by atoms with van der Waals surface area (Å²) in [6.45, 7) is 1.78. The predicted octanol–water partition coefficient (Wildman–Crippen LogP) is 4.08. The molecule has 2 amide bonds. The second-order valence-electron chi connectivity index (χ2n) is 5.77. The molecule has 2 unspecified atom stereocenters. The number of benzene rings is 3. The maximum atomic E-state index is 12.3. The molecule has 3 aromatic rings. The molecule has 0 saturated carbocycles. The summed E-state index contributed by atoms with van der Waals surface area (Å²) >= 11 is 0. The molecule has 3 aromatic carbocycles. The Morgan fingerprint density at radius 3 is 2.38 bits per heavy atom. The number of hydrogen-bond acceptors (Lipinski definition) is 2. The maximum absolute atomic E-state index is 12.3. The molecule has 0 heterocycles. The lowest BCUT2D eigenvalue weighted by Crippen LogP contribution is -2.39. The molecule has 122 valence electrons. The normalized spacial score (nSPS) is 13.2. The fraction of sp³-hybridized carbons (Fsp3) is 0.150. The van der Waals surface area contributed by atoms with Crippen LogP contribution in [0.5, 0.6) is 0 Å². The highest BCUT2D eigenvalue weighted by Crippen LogP contribution is 2.23. The summed E-state index contributed by atoms with van der Waals surface area (Å²) < 4.78 is 0. The van der Waals surface area contributed by atoms with Gasteiger partial charge in [-0.15, -0.1) is 0 Å². The summed E-state index contributed by atoms with van der Waals surface area (Å²) in [6.07, 6.45) is -0.760. The van der Waals surface area contributed by atoms with Crippen LogP contribution in [-0.4, -0.2) is 17.2 Å². The second kappa shape index (κ2) is 7.15. The van der Waals surface area contributed by atoms with Gasteiger partial charge in [-0.05, 0) is 23.9 Å². The van der Waals surface area contributed by atoms with E-state index in [0.717, 1.165) is 22.0 Å². The van der Waals surface area contributed by atoms with Crippen molar-refractivity contribution in [3.8, 4) is 0 Å². The fourth-order valence-corrected chi connectivity index (χ4v) is 2.72. The van der Waals surface area contributed by atoms with Crippen LogP contribution in [0.15, 0.2) is 72.8 Å². The van der Waals surface area contributed by atoms with Crippen molar-refractivity contribution < 1.29 is 9.90 Å². The van der Waals surface area contributed by atoms with Gasteiger partial charge < -0.3 is 15.7 Å². The molecule has 0 spiro atoms. The standard InChI is InChI=1S/C20H20N2O2/c1-14(19(23)16-9-3-2-4-10-16)21-20(24)22-18-13-7-11-15-8-5-6-12-17(15)18/h2-14,19,23H,1H3,(H2,21,22,24). The van der Waals surface area contributed by atoms with Gasteiger partial charge in [0.25, 0.3) is 0 Å². The van der Waals surface area contributed by atoms with E-state index in [0.29, 0.717) is 0 Å². The molecule has 0 bridgehead atoms. The smallest absolute Gasteiger partial charge is 0.319 e. The predicted molar refractivity (Wildman–Crippen MR) is 97.0 cm³/mol. The van der Waals surface area contributed by atoms with Gasteiger partial charge in [0.05, 0.1) is 17.8 Å². The number of amides is 2. The lowest BCUT2D eigenvalue weighted by Gasteiger charge is -2.21. The third-order valence-corrected chi connectivity index (χ3v) is 4.01. The average molecular weight is 320 g/mol. The third-order valence-electron chi connectivity index (χ3n) is 4.01. The Kier molecular flexibility index (Phi) is 4.77. The average Bonchev–Trinajstić information content (AvgIpc) is 2.62. The van der Waals surface area contributed by atoms with Crippen LogP contribution in [0.4, 0.5) is 10.5 Å². The minimum Gasteiger partial charge on any atom is -0.386 e. The van der Waals surface area contributed by atoms with Crippen LogP contribution < -0.4 is 10.6 Å². The number of rotatable bonds is 4. The molecule has 24 heavy (non-hydrogen) atoms. The number of urea groups is 1. The van der Waals surface area contributed by atoms with Crippen LogP contribution in [0.3, 0.4) is 0 Å². The Balaban J connectivity index is 1.69. The zero-order valence-corrected chi connectivity index (χ0v) is 13.4. The SMILES string of the molecule is CC(NC(=O)Nc1cccc2ccccc12)C(O)c1ccccc1. The Hall–Kier alpha value is -2.85. The molecule has 0 aliphatic heterocycles. The van der Waals surface area contributed by atoms with E-state index in [-0.39, 0.29) is 6.03 Å². The van der Waals surface area contributed by atoms with E-state index < -0.39 is 12.1 Å². The summed E-state index contributed by atoms with van der Waals surface area (Å²) in [5.41, 5.74) is 1.52. The monoisotopic (exact) mass is 320 g/mol. The van der Waals surface area contributed by atoms with E-state index in [9.17, 15) is 9.90 Å². The molecule has 3 rings (SSSR count). The summed E-state index contributed by atoms with van der Waals surface area (Å²) in [5.74, 6) is 0. The van der Waals surface area contributed by atoms with E-state index in [4.69, 9.17) is 0 Å². The number of aliphatic hydroxyl groups is 1. The number of hydrogen-bond donors (Lipinski definition) is 3. The molecular formula is C20H20N2O2. The summed E-state index contributed by atoms with van der Waals surface area (Å²) in [7, 11) is 0. The highest BCUT2D eigenvalue weighted by Gasteiger charge is 2.18. The lowest BCUT2D eigenvalue weighted by molar-refractivity contribution is 0.139. The first-order chi connectivity index (χ1) is 11.6. The van der Waals surface area contributed by atoms with E-state index in [1.54, 1.807) is 6.92 Å². The van der Waals surface area contributed by atoms with Gasteiger partial charge in [0.2, 0.25) is 0 Å². The van der Waals surface area contributed by atoms with Gasteiger partial charge in [0.1, 0.15) is 0 Å². The van der Waals surface area contributed by atoms with Gasteiger partial charge in [0.15, 0.2) is 0 Å². The number of anilines is 1. The van der Waals surface area contributed by atoms with E-state index in [1.807, 2.05) is 72.8 Å². The molecule has 0 fully saturated rings. The molecule has 4 heteroatoms. The van der Waals surface area contributed by atoms with Gasteiger partial charge >= 0.3 is 6.03 Å². The molecule has 0 aromatic heterocycles. The summed E-state index contributed by atoms with van der Waals surface area (Å²) in [5, 5.41) is 18.0. The quantitative estimate of drug-likeness (QED) is 0.678. The minimum absolute atomic E-state index is 0.339. The third kappa shape index (κ3) is 3.55. The Morgan fingerprint density at radius 2 is 1.58 bits per heavy atom. The minimum atomic E-state index is -0.760. The molecule has 3 N–H and O–H groups in total. The van der Waals surface area contributed by atoms with Gasteiger partial charge in [-0.3, -0.25) is 0 Å². The zero-order valence-electron chi connectivity index (χ0n) is 13.4. The first kappa shape index (κ1) is 16.0. The largest absolute Gasteiger partial charge is 0.386 e. The van der Waals surface area contributed by atoms with Crippen molar-refractivity contribution in [1.82, 2.24) is 5.32 Å². The van der Waals surface area contributed by atoms with Crippen molar-refractivity contribution in [3.05, 3.63) is 78.4 Å². The van der Waals surface area contributed by atoms with Crippen LogP contribution in [0.2, 0.25) is 0 Å². The highest BCUT2D eigenvalue weighted by atomic mass is 16.3. The van der Waals surface area contributed by atoms with Gasteiger partial charge in [-0.25, -0.2) is 4.79 Å². The molecule has 0 aliphatic carbocycles. The number of carbonyl (C=O) groups is 1. The fourth-order valence-electron chi connectivity index (χ4n) is 2.72. The number of carbonyl (C=O) groups excluding carboxylic acids is 1. The first-order valence-corrected chi connectivity index (χ1v) is 7.93. The topological polar surface area (TPSA) is 61.4 Å². The van der Waals surface area contributed by atoms with Gasteiger partial charge in [0, 0.05) is 5.39 Å². The van der Waals surface area contributed by atoms with Crippen molar-refractivity contribution >= 4 is 22.5 Å². The molecule has 0 saturated heterocycles. The van der Waals surface area contributed by atoms with Gasteiger partial charge in [-0.2, -0.15) is 0 Å². The van der Waals surface area contributed by atoms with E-state index in [1.165, 1.54) is 0 Å². The van der Waals surface area contributed by atoms with Crippen LogP contribution in [0.1, 0.15) is 18.6 Å². The highest BCUT2D eigenvalue weighted by molar-refractivity contribution is 6.01.